The number of sulfonamides is 1. The number of nitro groups is 1. The quantitative estimate of drug-likeness (QED) is 0.649. The van der Waals surface area contributed by atoms with E-state index in [1.807, 2.05) is 0 Å². The van der Waals surface area contributed by atoms with Gasteiger partial charge in [0.15, 0.2) is 5.00 Å². The Kier molecular flexibility index (Phi) is 3.36. The first-order chi connectivity index (χ1) is 8.90. The average molecular weight is 300 g/mol. The molecule has 0 bridgehead atoms. The molecule has 0 saturated heterocycles. The zero-order valence-electron chi connectivity index (χ0n) is 9.31. The third kappa shape index (κ3) is 2.80. The van der Waals surface area contributed by atoms with Crippen LogP contribution in [0.5, 0.6) is 0 Å². The van der Waals surface area contributed by atoms with Crippen molar-refractivity contribution < 1.29 is 13.3 Å². The smallest absolute Gasteiger partial charge is 0.304 e. The van der Waals surface area contributed by atoms with Gasteiger partial charge in [-0.1, -0.05) is 17.4 Å². The van der Waals surface area contributed by atoms with Gasteiger partial charge in [0.2, 0.25) is 0 Å². The van der Waals surface area contributed by atoms with Gasteiger partial charge in [-0.15, -0.1) is 0 Å². The second kappa shape index (κ2) is 4.82. The average Bonchev–Trinajstić information content (AvgIpc) is 2.73. The molecule has 8 nitrogen and oxygen atoms in total. The summed E-state index contributed by atoms with van der Waals surface area (Å²) in [5.41, 5.74) is 4.98. The molecule has 0 spiro atoms. The molecule has 0 amide bonds. The van der Waals surface area contributed by atoms with Gasteiger partial charge in [-0.2, -0.15) is 0 Å². The first-order valence-electron chi connectivity index (χ1n) is 4.88. The molecule has 0 saturated carbocycles. The van der Waals surface area contributed by atoms with Crippen molar-refractivity contribution >= 4 is 37.9 Å². The van der Waals surface area contributed by atoms with Crippen LogP contribution in [0.4, 0.5) is 16.5 Å². The SMILES string of the molecule is Nc1sc(S(=O)(=O)Nc2ccccn2)cc1[N+](=O)[O-]. The minimum atomic E-state index is -3.93. The first-order valence-corrected chi connectivity index (χ1v) is 7.17. The van der Waals surface area contributed by atoms with E-state index in [9.17, 15) is 18.5 Å². The third-order valence-corrected chi connectivity index (χ3v) is 4.86. The summed E-state index contributed by atoms with van der Waals surface area (Å²) >= 11 is 0.627. The normalized spacial score (nSPS) is 11.2. The van der Waals surface area contributed by atoms with E-state index in [4.69, 9.17) is 5.73 Å². The number of nitrogens with zero attached hydrogens (tertiary/aromatic N) is 2. The van der Waals surface area contributed by atoms with Gasteiger partial charge in [0.25, 0.3) is 10.0 Å². The number of hydrogen-bond donors (Lipinski definition) is 2. The molecule has 0 radical (unpaired) electrons. The van der Waals surface area contributed by atoms with Crippen molar-refractivity contribution in [1.82, 2.24) is 4.98 Å². The zero-order valence-corrected chi connectivity index (χ0v) is 10.9. The topological polar surface area (TPSA) is 128 Å². The summed E-state index contributed by atoms with van der Waals surface area (Å²) in [5.74, 6) is 0.122. The molecule has 100 valence electrons. The molecule has 0 atom stereocenters. The molecule has 0 aliphatic carbocycles. The van der Waals surface area contributed by atoms with Gasteiger partial charge in [0.05, 0.1) is 4.92 Å². The first kappa shape index (κ1) is 13.2. The lowest BCUT2D eigenvalue weighted by atomic mass is 10.5. The molecule has 0 unspecified atom stereocenters. The highest BCUT2D eigenvalue weighted by molar-refractivity contribution is 7.94. The Morgan fingerprint density at radius 2 is 2.16 bits per heavy atom. The van der Waals surface area contributed by atoms with E-state index in [2.05, 4.69) is 9.71 Å². The second-order valence-corrected chi connectivity index (χ2v) is 6.39. The monoisotopic (exact) mass is 300 g/mol. The summed E-state index contributed by atoms with van der Waals surface area (Å²) in [6.07, 6.45) is 1.42. The van der Waals surface area contributed by atoms with E-state index in [-0.39, 0.29) is 15.0 Å². The fourth-order valence-corrected chi connectivity index (χ4v) is 3.48. The number of nitrogens with one attached hydrogen (secondary N) is 1. The maximum atomic E-state index is 12.0. The molecular weight excluding hydrogens is 292 g/mol. The highest BCUT2D eigenvalue weighted by Crippen LogP contribution is 2.34. The predicted molar refractivity (Wildman–Crippen MR) is 70.4 cm³/mol. The minimum Gasteiger partial charge on any atom is -0.385 e. The van der Waals surface area contributed by atoms with Crippen LogP contribution in [0.25, 0.3) is 0 Å². The van der Waals surface area contributed by atoms with Crippen LogP contribution in [0.15, 0.2) is 34.7 Å². The van der Waals surface area contributed by atoms with Crippen LogP contribution in [0.2, 0.25) is 0 Å². The molecule has 2 aromatic rings. The molecule has 2 aromatic heterocycles. The van der Waals surface area contributed by atoms with Crippen LogP contribution in [0, 0.1) is 10.1 Å². The van der Waals surface area contributed by atoms with Crippen molar-refractivity contribution in [2.45, 2.75) is 4.21 Å². The molecule has 10 heteroatoms. The largest absolute Gasteiger partial charge is 0.385 e. The lowest BCUT2D eigenvalue weighted by Crippen LogP contribution is -2.12. The fraction of sp³-hybridized carbons (Fsp3) is 0. The minimum absolute atomic E-state index is 0.122. The Hall–Kier alpha value is -2.20. The van der Waals surface area contributed by atoms with Gasteiger partial charge in [-0.05, 0) is 12.1 Å². The summed E-state index contributed by atoms with van der Waals surface area (Å²) in [4.78, 5) is 13.7. The van der Waals surface area contributed by atoms with Crippen LogP contribution in [0.1, 0.15) is 0 Å². The summed E-state index contributed by atoms with van der Waals surface area (Å²) < 4.78 is 25.9. The molecule has 2 heterocycles. The Bertz CT molecular complexity index is 711. The van der Waals surface area contributed by atoms with E-state index >= 15 is 0 Å². The predicted octanol–water partition coefficient (Wildman–Crippen LogP) is 1.43. The van der Waals surface area contributed by atoms with Crippen molar-refractivity contribution in [2.75, 3.05) is 10.5 Å². The Morgan fingerprint density at radius 1 is 1.42 bits per heavy atom. The molecule has 3 N–H and O–H groups in total. The number of hydrogen-bond acceptors (Lipinski definition) is 7. The number of anilines is 2. The van der Waals surface area contributed by atoms with E-state index < -0.39 is 20.6 Å². The van der Waals surface area contributed by atoms with Crippen molar-refractivity contribution in [3.05, 3.63) is 40.6 Å². The van der Waals surface area contributed by atoms with Crippen molar-refractivity contribution in [2.24, 2.45) is 0 Å². The van der Waals surface area contributed by atoms with Gasteiger partial charge in [0, 0.05) is 12.3 Å². The lowest BCUT2D eigenvalue weighted by molar-refractivity contribution is -0.383. The Labute approximate surface area is 112 Å². The van der Waals surface area contributed by atoms with Gasteiger partial charge < -0.3 is 5.73 Å². The van der Waals surface area contributed by atoms with Crippen molar-refractivity contribution in [3.63, 3.8) is 0 Å². The summed E-state index contributed by atoms with van der Waals surface area (Å²) in [5, 5.41) is 10.5. The van der Waals surface area contributed by atoms with Crippen LogP contribution in [-0.4, -0.2) is 18.3 Å². The number of rotatable bonds is 4. The van der Waals surface area contributed by atoms with Gasteiger partial charge in [-0.3, -0.25) is 14.8 Å². The van der Waals surface area contributed by atoms with E-state index in [0.29, 0.717) is 11.3 Å². The van der Waals surface area contributed by atoms with Gasteiger partial charge in [-0.25, -0.2) is 13.4 Å². The summed E-state index contributed by atoms with van der Waals surface area (Å²) in [6.45, 7) is 0. The molecule has 0 aliphatic heterocycles. The molecule has 2 rings (SSSR count). The summed E-state index contributed by atoms with van der Waals surface area (Å²) in [7, 11) is -3.93. The Balaban J connectivity index is 2.35. The molecular formula is C9H8N4O4S2. The molecule has 19 heavy (non-hydrogen) atoms. The molecule has 0 aliphatic rings. The summed E-state index contributed by atoms with van der Waals surface area (Å²) in [6, 6.07) is 5.62. The van der Waals surface area contributed by atoms with Crippen LogP contribution >= 0.6 is 11.3 Å². The number of nitrogen functional groups attached to an aromatic ring is 1. The van der Waals surface area contributed by atoms with E-state index in [1.54, 1.807) is 12.1 Å². The van der Waals surface area contributed by atoms with Crippen molar-refractivity contribution in [3.8, 4) is 0 Å². The fourth-order valence-electron chi connectivity index (χ4n) is 1.26. The second-order valence-electron chi connectivity index (χ2n) is 3.39. The van der Waals surface area contributed by atoms with Crippen molar-refractivity contribution in [1.29, 1.82) is 0 Å². The number of aromatic nitrogens is 1. The van der Waals surface area contributed by atoms with Crippen LogP contribution in [0.3, 0.4) is 0 Å². The lowest BCUT2D eigenvalue weighted by Gasteiger charge is -2.03. The van der Waals surface area contributed by atoms with Crippen LogP contribution in [-0.2, 0) is 10.0 Å². The van der Waals surface area contributed by atoms with Crippen LogP contribution < -0.4 is 10.5 Å². The number of thiophene rings is 1. The third-order valence-electron chi connectivity index (χ3n) is 2.08. The highest BCUT2D eigenvalue weighted by Gasteiger charge is 2.25. The maximum Gasteiger partial charge on any atom is 0.304 e. The molecule has 0 aromatic carbocycles. The Morgan fingerprint density at radius 3 is 2.68 bits per heavy atom. The van der Waals surface area contributed by atoms with E-state index in [1.165, 1.54) is 12.3 Å². The van der Waals surface area contributed by atoms with Gasteiger partial charge in [0.1, 0.15) is 10.0 Å². The maximum absolute atomic E-state index is 12.0. The number of pyridine rings is 1. The van der Waals surface area contributed by atoms with Gasteiger partial charge >= 0.3 is 5.69 Å². The zero-order chi connectivity index (χ0) is 14.0. The number of nitrogens with two attached hydrogens (primary N) is 1. The van der Waals surface area contributed by atoms with E-state index in [0.717, 1.165) is 6.07 Å². The standard InChI is InChI=1S/C9H8N4O4S2/c10-9-6(13(14)15)5-8(18-9)19(16,17)12-7-3-1-2-4-11-7/h1-5H,10H2,(H,11,12). The highest BCUT2D eigenvalue weighted by atomic mass is 32.2. The molecule has 0 fully saturated rings.